The van der Waals surface area contributed by atoms with Crippen molar-refractivity contribution in [1.29, 1.82) is 0 Å². The number of alkyl halides is 3. The fourth-order valence-corrected chi connectivity index (χ4v) is 3.53. The summed E-state index contributed by atoms with van der Waals surface area (Å²) in [6.07, 6.45) is 0.997. The van der Waals surface area contributed by atoms with Gasteiger partial charge in [-0.25, -0.2) is 4.79 Å². The molecule has 0 bridgehead atoms. The van der Waals surface area contributed by atoms with Gasteiger partial charge >= 0.3 is 11.6 Å². The lowest BCUT2D eigenvalue weighted by Gasteiger charge is -2.15. The third-order valence-corrected chi connectivity index (χ3v) is 4.96. The molecule has 0 aliphatic carbocycles. The highest BCUT2D eigenvalue weighted by atomic mass is 32.2. The number of hydrogen-bond donors (Lipinski definition) is 3. The lowest BCUT2D eigenvalue weighted by atomic mass is 10.0. The zero-order valence-corrected chi connectivity index (χ0v) is 16.3. The average Bonchev–Trinajstić information content (AvgIpc) is 3.08. The minimum Gasteiger partial charge on any atom is -0.445 e. The standard InChI is InChI=1S/C20H18F3N3O3S/c21-20(22,23)30-14-5-3-4-12(8-14)11-29-19(28)26-17(18(24)27)9-13-10-25-16-7-2-1-6-15(13)16/h1-8,10,17,25H,9,11H2,(H2,24,27)(H,26,28). The van der Waals surface area contributed by atoms with Gasteiger partial charge < -0.3 is 20.8 Å². The van der Waals surface area contributed by atoms with E-state index in [1.807, 2.05) is 24.3 Å². The Balaban J connectivity index is 1.59. The highest BCUT2D eigenvalue weighted by molar-refractivity contribution is 8.00. The molecule has 0 spiro atoms. The summed E-state index contributed by atoms with van der Waals surface area (Å²) in [5.74, 6) is -0.735. The zero-order chi connectivity index (χ0) is 21.7. The van der Waals surface area contributed by atoms with Gasteiger partial charge in [0.1, 0.15) is 12.6 Å². The monoisotopic (exact) mass is 437 g/mol. The summed E-state index contributed by atoms with van der Waals surface area (Å²) in [4.78, 5) is 26.9. The molecule has 1 atom stereocenters. The zero-order valence-electron chi connectivity index (χ0n) is 15.5. The van der Waals surface area contributed by atoms with Crippen molar-refractivity contribution in [3.8, 4) is 0 Å². The molecule has 1 aromatic heterocycles. The summed E-state index contributed by atoms with van der Waals surface area (Å²) >= 11 is -0.254. The van der Waals surface area contributed by atoms with E-state index in [1.165, 1.54) is 24.3 Å². The van der Waals surface area contributed by atoms with Gasteiger partial charge in [-0.15, -0.1) is 0 Å². The Bertz CT molecular complexity index is 1050. The van der Waals surface area contributed by atoms with Crippen molar-refractivity contribution in [2.45, 2.75) is 29.5 Å². The number of benzene rings is 2. The number of carbonyl (C=O) groups is 2. The number of halogens is 3. The molecule has 1 unspecified atom stereocenters. The average molecular weight is 437 g/mol. The van der Waals surface area contributed by atoms with Crippen LogP contribution in [0.2, 0.25) is 0 Å². The van der Waals surface area contributed by atoms with Crippen LogP contribution in [0, 0.1) is 0 Å². The van der Waals surface area contributed by atoms with Crippen LogP contribution in [0.25, 0.3) is 10.9 Å². The molecule has 0 saturated carbocycles. The fraction of sp³-hybridized carbons (Fsp3) is 0.200. The van der Waals surface area contributed by atoms with Crippen molar-refractivity contribution in [1.82, 2.24) is 10.3 Å². The van der Waals surface area contributed by atoms with Gasteiger partial charge in [0, 0.05) is 28.4 Å². The molecule has 3 rings (SSSR count). The minimum atomic E-state index is -4.41. The molecular weight excluding hydrogens is 419 g/mol. The van der Waals surface area contributed by atoms with Crippen LogP contribution in [-0.4, -0.2) is 28.5 Å². The van der Waals surface area contributed by atoms with Crippen molar-refractivity contribution < 1.29 is 27.5 Å². The van der Waals surface area contributed by atoms with Crippen LogP contribution in [0.3, 0.4) is 0 Å². The Hall–Kier alpha value is -3.14. The number of alkyl carbamates (subject to hydrolysis) is 1. The smallest absolute Gasteiger partial charge is 0.445 e. The SMILES string of the molecule is NC(=O)C(Cc1c[nH]c2ccccc12)NC(=O)OCc1cccc(SC(F)(F)F)c1. The second kappa shape index (κ2) is 9.12. The Morgan fingerprint density at radius 2 is 1.93 bits per heavy atom. The third kappa shape index (κ3) is 5.93. The van der Waals surface area contributed by atoms with Gasteiger partial charge in [-0.2, -0.15) is 13.2 Å². The number of ether oxygens (including phenoxy) is 1. The quantitative estimate of drug-likeness (QED) is 0.485. The third-order valence-electron chi connectivity index (χ3n) is 4.24. The number of primary amides is 1. The molecule has 0 fully saturated rings. The van der Waals surface area contributed by atoms with Crippen LogP contribution in [0.5, 0.6) is 0 Å². The Morgan fingerprint density at radius 3 is 2.67 bits per heavy atom. The number of fused-ring (bicyclic) bond motifs is 1. The highest BCUT2D eigenvalue weighted by Crippen LogP contribution is 2.37. The first-order valence-corrected chi connectivity index (χ1v) is 9.65. The van der Waals surface area contributed by atoms with Crippen LogP contribution in [0.1, 0.15) is 11.1 Å². The Morgan fingerprint density at radius 1 is 1.17 bits per heavy atom. The molecule has 158 valence electrons. The van der Waals surface area contributed by atoms with Crippen LogP contribution >= 0.6 is 11.8 Å². The number of aromatic nitrogens is 1. The van der Waals surface area contributed by atoms with Gasteiger partial charge in [0.2, 0.25) is 5.91 Å². The largest absolute Gasteiger partial charge is 0.446 e. The van der Waals surface area contributed by atoms with E-state index in [1.54, 1.807) is 6.20 Å². The number of para-hydroxylation sites is 1. The summed E-state index contributed by atoms with van der Waals surface area (Å²) in [6, 6.07) is 12.0. The predicted molar refractivity (Wildman–Crippen MR) is 107 cm³/mol. The summed E-state index contributed by atoms with van der Waals surface area (Å²) in [7, 11) is 0. The van der Waals surface area contributed by atoms with Crippen LogP contribution in [0.4, 0.5) is 18.0 Å². The second-order valence-corrected chi connectivity index (χ2v) is 7.57. The molecule has 10 heteroatoms. The van der Waals surface area contributed by atoms with E-state index in [2.05, 4.69) is 10.3 Å². The molecule has 0 aliphatic rings. The summed E-state index contributed by atoms with van der Waals surface area (Å²) in [6.45, 7) is -0.253. The maximum absolute atomic E-state index is 12.5. The van der Waals surface area contributed by atoms with Gasteiger partial charge in [0.25, 0.3) is 0 Å². The summed E-state index contributed by atoms with van der Waals surface area (Å²) in [5.41, 5.74) is 3.06. The maximum Gasteiger partial charge on any atom is 0.446 e. The molecule has 2 aromatic carbocycles. The fourth-order valence-electron chi connectivity index (χ4n) is 2.91. The van der Waals surface area contributed by atoms with E-state index in [9.17, 15) is 22.8 Å². The second-order valence-electron chi connectivity index (χ2n) is 6.43. The van der Waals surface area contributed by atoms with Crippen LogP contribution < -0.4 is 11.1 Å². The number of nitrogens with two attached hydrogens (primary N) is 1. The lowest BCUT2D eigenvalue weighted by Crippen LogP contribution is -2.46. The van der Waals surface area contributed by atoms with Gasteiger partial charge in [-0.3, -0.25) is 4.79 Å². The molecular formula is C20H18F3N3O3S. The number of carbonyl (C=O) groups excluding carboxylic acids is 2. The van der Waals surface area contributed by atoms with E-state index in [-0.39, 0.29) is 29.7 Å². The summed E-state index contributed by atoms with van der Waals surface area (Å²) in [5, 5.41) is 3.31. The lowest BCUT2D eigenvalue weighted by molar-refractivity contribution is -0.119. The molecule has 0 aliphatic heterocycles. The van der Waals surface area contributed by atoms with E-state index < -0.39 is 23.6 Å². The molecule has 1 heterocycles. The van der Waals surface area contributed by atoms with Crippen LogP contribution in [0.15, 0.2) is 59.6 Å². The van der Waals surface area contributed by atoms with E-state index in [0.29, 0.717) is 5.56 Å². The molecule has 2 amide bonds. The molecule has 30 heavy (non-hydrogen) atoms. The highest BCUT2D eigenvalue weighted by Gasteiger charge is 2.29. The van der Waals surface area contributed by atoms with Gasteiger partial charge in [-0.05, 0) is 41.1 Å². The number of thioether (sulfide) groups is 1. The molecule has 0 saturated heterocycles. The van der Waals surface area contributed by atoms with Crippen LogP contribution in [-0.2, 0) is 22.6 Å². The first-order valence-electron chi connectivity index (χ1n) is 8.83. The van der Waals surface area contributed by atoms with Crippen molar-refractivity contribution in [3.63, 3.8) is 0 Å². The van der Waals surface area contributed by atoms with E-state index in [0.717, 1.165) is 16.5 Å². The first-order chi connectivity index (χ1) is 14.2. The van der Waals surface area contributed by atoms with Crippen molar-refractivity contribution in [3.05, 3.63) is 65.9 Å². The number of H-pyrrole nitrogens is 1. The number of hydrogen-bond acceptors (Lipinski definition) is 4. The van der Waals surface area contributed by atoms with Gasteiger partial charge in [0.05, 0.1) is 0 Å². The van der Waals surface area contributed by atoms with Crippen molar-refractivity contribution >= 4 is 34.7 Å². The molecule has 6 nitrogen and oxygen atoms in total. The van der Waals surface area contributed by atoms with Gasteiger partial charge in [0.15, 0.2) is 0 Å². The number of nitrogens with one attached hydrogen (secondary N) is 2. The molecule has 0 radical (unpaired) electrons. The summed E-state index contributed by atoms with van der Waals surface area (Å²) < 4.78 is 42.5. The number of amides is 2. The topological polar surface area (TPSA) is 97.2 Å². The maximum atomic E-state index is 12.5. The Kier molecular flexibility index (Phi) is 6.56. The predicted octanol–water partition coefficient (Wildman–Crippen LogP) is 4.10. The van der Waals surface area contributed by atoms with Crippen molar-refractivity contribution in [2.75, 3.05) is 0 Å². The minimum absolute atomic E-state index is 0.0154. The first kappa shape index (κ1) is 21.6. The molecule has 4 N–H and O–H groups in total. The molecule has 3 aromatic rings. The van der Waals surface area contributed by atoms with E-state index >= 15 is 0 Å². The van der Waals surface area contributed by atoms with Gasteiger partial charge in [-0.1, -0.05) is 30.3 Å². The normalized spacial score (nSPS) is 12.5. The van der Waals surface area contributed by atoms with E-state index in [4.69, 9.17) is 10.5 Å². The Labute approximate surface area is 174 Å². The number of aromatic amines is 1. The number of rotatable bonds is 7. The van der Waals surface area contributed by atoms with Crippen molar-refractivity contribution in [2.24, 2.45) is 5.73 Å².